The molecule has 1 aromatic heterocycles. The van der Waals surface area contributed by atoms with E-state index in [1.807, 2.05) is 55.5 Å². The van der Waals surface area contributed by atoms with Crippen LogP contribution in [0.15, 0.2) is 59.1 Å². The third kappa shape index (κ3) is 3.92. The monoisotopic (exact) mass is 341 g/mol. The molecule has 3 aromatic rings. The summed E-state index contributed by atoms with van der Waals surface area (Å²) in [6.45, 7) is 2.03. The van der Waals surface area contributed by atoms with Crippen molar-refractivity contribution in [1.82, 2.24) is 4.98 Å². The summed E-state index contributed by atoms with van der Waals surface area (Å²) in [7, 11) is 0.574. The van der Waals surface area contributed by atoms with Gasteiger partial charge in [-0.1, -0.05) is 24.3 Å². The minimum absolute atomic E-state index is 0.310. The lowest BCUT2D eigenvalue weighted by Gasteiger charge is -2.04. The first kappa shape index (κ1) is 16.5. The first-order valence-electron chi connectivity index (χ1n) is 7.64. The lowest BCUT2D eigenvalue weighted by molar-refractivity contribution is 0.415. The summed E-state index contributed by atoms with van der Waals surface area (Å²) in [5.74, 6) is 2.77. The number of aromatic nitrogens is 1. The van der Waals surface area contributed by atoms with Gasteiger partial charge in [-0.15, -0.1) is 0 Å². The van der Waals surface area contributed by atoms with Crippen LogP contribution in [0, 0.1) is 6.92 Å². The van der Waals surface area contributed by atoms with Crippen LogP contribution in [0.1, 0.15) is 17.0 Å². The minimum atomic E-state index is -1.06. The Bertz CT molecular complexity index is 840. The van der Waals surface area contributed by atoms with Crippen LogP contribution >= 0.6 is 0 Å². The quantitative estimate of drug-likeness (QED) is 0.677. The van der Waals surface area contributed by atoms with E-state index in [1.165, 1.54) is 0 Å². The highest BCUT2D eigenvalue weighted by atomic mass is 32.2. The van der Waals surface area contributed by atoms with Crippen molar-refractivity contribution in [3.8, 4) is 17.1 Å². The number of methoxy groups -OCH3 is 1. The number of hydrogen-bond donors (Lipinski definition) is 0. The van der Waals surface area contributed by atoms with E-state index in [0.717, 1.165) is 22.4 Å². The molecule has 0 aliphatic heterocycles. The molecule has 0 aliphatic rings. The van der Waals surface area contributed by atoms with Gasteiger partial charge >= 0.3 is 0 Å². The van der Waals surface area contributed by atoms with Gasteiger partial charge in [-0.3, -0.25) is 4.21 Å². The van der Waals surface area contributed by atoms with Gasteiger partial charge in [-0.25, -0.2) is 4.98 Å². The molecular formula is C19H19NO3S. The van der Waals surface area contributed by atoms with Crippen molar-refractivity contribution in [2.24, 2.45) is 0 Å². The lowest BCUT2D eigenvalue weighted by atomic mass is 10.1. The van der Waals surface area contributed by atoms with Gasteiger partial charge in [0.1, 0.15) is 11.5 Å². The van der Waals surface area contributed by atoms with E-state index < -0.39 is 10.8 Å². The highest BCUT2D eigenvalue weighted by molar-refractivity contribution is 7.83. The van der Waals surface area contributed by atoms with Gasteiger partial charge in [-0.2, -0.15) is 0 Å². The van der Waals surface area contributed by atoms with Crippen LogP contribution in [-0.4, -0.2) is 16.3 Å². The van der Waals surface area contributed by atoms with Crippen LogP contribution in [0.25, 0.3) is 11.3 Å². The molecule has 0 radical (unpaired) electrons. The molecule has 4 nitrogen and oxygen atoms in total. The first-order valence-corrected chi connectivity index (χ1v) is 9.13. The first-order chi connectivity index (χ1) is 11.7. The Kier molecular flexibility index (Phi) is 5.11. The lowest BCUT2D eigenvalue weighted by Crippen LogP contribution is -2.01. The molecule has 0 amide bonds. The van der Waals surface area contributed by atoms with E-state index in [9.17, 15) is 4.21 Å². The molecular weight excluding hydrogens is 322 g/mol. The molecule has 3 rings (SSSR count). The number of nitrogens with zero attached hydrogens (tertiary/aromatic N) is 1. The number of ether oxygens (including phenoxy) is 1. The van der Waals surface area contributed by atoms with Crippen molar-refractivity contribution in [1.29, 1.82) is 0 Å². The summed E-state index contributed by atoms with van der Waals surface area (Å²) in [6, 6.07) is 15.5. The average molecular weight is 341 g/mol. The zero-order valence-corrected chi connectivity index (χ0v) is 14.5. The minimum Gasteiger partial charge on any atom is -0.497 e. The van der Waals surface area contributed by atoms with E-state index >= 15 is 0 Å². The van der Waals surface area contributed by atoms with Crippen LogP contribution in [0.4, 0.5) is 0 Å². The summed E-state index contributed by atoms with van der Waals surface area (Å²) in [5.41, 5.74) is 3.16. The second kappa shape index (κ2) is 7.45. The number of hydrogen-bond acceptors (Lipinski definition) is 4. The van der Waals surface area contributed by atoms with Crippen molar-refractivity contribution in [2.75, 3.05) is 7.11 Å². The Morgan fingerprint density at radius 2 is 1.83 bits per heavy atom. The van der Waals surface area contributed by atoms with Crippen LogP contribution in [0.5, 0.6) is 5.75 Å². The predicted octanol–water partition coefficient (Wildman–Crippen LogP) is 4.11. The largest absolute Gasteiger partial charge is 0.497 e. The zero-order chi connectivity index (χ0) is 16.9. The van der Waals surface area contributed by atoms with E-state index in [1.54, 1.807) is 13.3 Å². The number of rotatable bonds is 6. The molecule has 0 aliphatic carbocycles. The highest BCUT2D eigenvalue weighted by Crippen LogP contribution is 2.23. The molecule has 0 unspecified atom stereocenters. The van der Waals surface area contributed by atoms with Crippen LogP contribution in [0.2, 0.25) is 0 Å². The molecule has 1 atom stereocenters. The van der Waals surface area contributed by atoms with E-state index in [0.29, 0.717) is 23.2 Å². The molecule has 2 aromatic carbocycles. The van der Waals surface area contributed by atoms with Crippen molar-refractivity contribution >= 4 is 10.8 Å². The van der Waals surface area contributed by atoms with Crippen molar-refractivity contribution < 1.29 is 13.4 Å². The smallest absolute Gasteiger partial charge is 0.207 e. The van der Waals surface area contributed by atoms with Gasteiger partial charge in [0.2, 0.25) is 5.89 Å². The zero-order valence-electron chi connectivity index (χ0n) is 13.7. The molecule has 0 saturated carbocycles. The molecule has 124 valence electrons. The van der Waals surface area contributed by atoms with Gasteiger partial charge in [0.25, 0.3) is 0 Å². The standard InChI is InChI=1S/C19H19NO3S/c1-14-5-3-4-6-16(14)12-24(21)13-19-20-11-18(23-19)15-7-9-17(22-2)10-8-15/h3-11H,12-13H2,1-2H3/t24-/m1/s1. The molecule has 5 heteroatoms. The molecule has 0 fully saturated rings. The maximum atomic E-state index is 12.4. The number of aryl methyl sites for hydroxylation is 1. The Labute approximate surface area is 144 Å². The fourth-order valence-electron chi connectivity index (χ4n) is 2.40. The highest BCUT2D eigenvalue weighted by Gasteiger charge is 2.11. The molecule has 0 saturated heterocycles. The van der Waals surface area contributed by atoms with E-state index in [4.69, 9.17) is 9.15 Å². The molecule has 0 spiro atoms. The summed E-state index contributed by atoms with van der Waals surface area (Å²) < 4.78 is 23.2. The molecule has 0 N–H and O–H groups in total. The van der Waals surface area contributed by atoms with Gasteiger partial charge in [0.05, 0.1) is 13.3 Å². The number of benzene rings is 2. The third-order valence-corrected chi connectivity index (χ3v) is 4.99. The van der Waals surface area contributed by atoms with Gasteiger partial charge in [-0.05, 0) is 42.3 Å². The van der Waals surface area contributed by atoms with Crippen molar-refractivity contribution in [3.05, 3.63) is 71.7 Å². The molecule has 0 bridgehead atoms. The maximum absolute atomic E-state index is 12.4. The predicted molar refractivity (Wildman–Crippen MR) is 95.2 cm³/mol. The fraction of sp³-hybridized carbons (Fsp3) is 0.211. The average Bonchev–Trinajstić information content (AvgIpc) is 3.05. The van der Waals surface area contributed by atoms with Crippen molar-refractivity contribution in [3.63, 3.8) is 0 Å². The third-order valence-electron chi connectivity index (χ3n) is 3.79. The summed E-state index contributed by atoms with van der Waals surface area (Å²) >= 11 is 0. The normalized spacial score (nSPS) is 12.1. The van der Waals surface area contributed by atoms with Crippen LogP contribution < -0.4 is 4.74 Å². The van der Waals surface area contributed by atoms with E-state index in [2.05, 4.69) is 4.98 Å². The summed E-state index contributed by atoms with van der Waals surface area (Å²) in [5, 5.41) is 0. The summed E-state index contributed by atoms with van der Waals surface area (Å²) in [6.07, 6.45) is 1.67. The number of oxazole rings is 1. The van der Waals surface area contributed by atoms with Crippen LogP contribution in [0.3, 0.4) is 0 Å². The van der Waals surface area contributed by atoms with E-state index in [-0.39, 0.29) is 0 Å². The van der Waals surface area contributed by atoms with Gasteiger partial charge in [0, 0.05) is 22.1 Å². The maximum Gasteiger partial charge on any atom is 0.207 e. The Morgan fingerprint density at radius 3 is 2.54 bits per heavy atom. The topological polar surface area (TPSA) is 52.3 Å². The molecule has 24 heavy (non-hydrogen) atoms. The van der Waals surface area contributed by atoms with Crippen molar-refractivity contribution in [2.45, 2.75) is 18.4 Å². The second-order valence-corrected chi connectivity index (χ2v) is 6.96. The van der Waals surface area contributed by atoms with Gasteiger partial charge in [0.15, 0.2) is 5.76 Å². The SMILES string of the molecule is COc1ccc(-c2cnc(C[S@](=O)Cc3ccccc3C)o2)cc1. The molecule has 1 heterocycles. The second-order valence-electron chi connectivity index (χ2n) is 5.50. The fourth-order valence-corrected chi connectivity index (χ4v) is 3.58. The Hall–Kier alpha value is -2.40. The Balaban J connectivity index is 1.67. The van der Waals surface area contributed by atoms with Gasteiger partial charge < -0.3 is 9.15 Å². The summed E-state index contributed by atoms with van der Waals surface area (Å²) in [4.78, 5) is 4.25. The van der Waals surface area contributed by atoms with Crippen LogP contribution in [-0.2, 0) is 22.3 Å². The Morgan fingerprint density at radius 1 is 1.08 bits per heavy atom.